The van der Waals surface area contributed by atoms with Gasteiger partial charge >= 0.3 is 6.18 Å². The number of carbonyl (C=O) groups excluding carboxylic acids is 1. The van der Waals surface area contributed by atoms with E-state index in [1.54, 1.807) is 6.92 Å². The van der Waals surface area contributed by atoms with Gasteiger partial charge in [-0.15, -0.1) is 0 Å². The third-order valence-electron chi connectivity index (χ3n) is 4.93. The van der Waals surface area contributed by atoms with E-state index in [9.17, 15) is 30.8 Å². The Hall–Kier alpha value is -3.60. The maximum absolute atomic E-state index is 13.4. The van der Waals surface area contributed by atoms with Gasteiger partial charge in [-0.2, -0.15) is 13.2 Å². The lowest BCUT2D eigenvalue weighted by Gasteiger charge is -2.24. The molecule has 0 heterocycles. The topological polar surface area (TPSA) is 75.7 Å². The maximum Gasteiger partial charge on any atom is 0.418 e. The van der Waals surface area contributed by atoms with Gasteiger partial charge in [0, 0.05) is 11.1 Å². The molecule has 3 rings (SSSR count). The van der Waals surface area contributed by atoms with Gasteiger partial charge in [0.15, 0.2) is 0 Å². The summed E-state index contributed by atoms with van der Waals surface area (Å²) in [5.74, 6) is -1.08. The van der Waals surface area contributed by atoms with Crippen LogP contribution in [0.3, 0.4) is 0 Å². The van der Waals surface area contributed by atoms with Crippen molar-refractivity contribution < 1.29 is 35.5 Å². The Morgan fingerprint density at radius 1 is 1.03 bits per heavy atom. The van der Waals surface area contributed by atoms with Gasteiger partial charge in [-0.25, -0.2) is 12.8 Å². The third-order valence-corrected chi connectivity index (χ3v) is 6.07. The summed E-state index contributed by atoms with van der Waals surface area (Å²) in [6.45, 7) is 1.69. The lowest BCUT2D eigenvalue weighted by Crippen LogP contribution is -2.29. The monoisotopic (exact) mass is 510 g/mol. The van der Waals surface area contributed by atoms with Crippen molar-refractivity contribution in [2.24, 2.45) is 0 Å². The number of ether oxygens (including phenoxy) is 1. The molecule has 0 aromatic heterocycles. The van der Waals surface area contributed by atoms with Crippen LogP contribution in [-0.2, 0) is 22.7 Å². The molecule has 186 valence electrons. The molecule has 0 unspecified atom stereocenters. The number of benzene rings is 3. The van der Waals surface area contributed by atoms with Crippen molar-refractivity contribution in [3.63, 3.8) is 0 Å². The third kappa shape index (κ3) is 6.50. The molecule has 1 amide bonds. The number of sulfonamides is 1. The number of halogens is 4. The summed E-state index contributed by atoms with van der Waals surface area (Å²) >= 11 is 0. The molecule has 0 spiro atoms. The van der Waals surface area contributed by atoms with Crippen LogP contribution >= 0.6 is 0 Å². The van der Waals surface area contributed by atoms with Crippen LogP contribution in [0.4, 0.5) is 28.9 Å². The number of carbonyl (C=O) groups is 1. The number of anilines is 2. The molecular formula is C24H22F4N2O4S. The second kappa shape index (κ2) is 10.3. The molecule has 35 heavy (non-hydrogen) atoms. The van der Waals surface area contributed by atoms with Crippen LogP contribution in [0.5, 0.6) is 5.75 Å². The Bertz CT molecular complexity index is 1310. The molecule has 3 aromatic carbocycles. The number of rotatable bonds is 8. The minimum absolute atomic E-state index is 0.00649. The highest BCUT2D eigenvalue weighted by Crippen LogP contribution is 2.35. The Morgan fingerprint density at radius 3 is 2.29 bits per heavy atom. The first-order valence-corrected chi connectivity index (χ1v) is 12.2. The van der Waals surface area contributed by atoms with E-state index >= 15 is 0 Å². The maximum atomic E-state index is 13.4. The van der Waals surface area contributed by atoms with Gasteiger partial charge in [0.2, 0.25) is 10.0 Å². The summed E-state index contributed by atoms with van der Waals surface area (Å²) in [6, 6.07) is 13.5. The van der Waals surface area contributed by atoms with E-state index < -0.39 is 39.2 Å². The Morgan fingerprint density at radius 2 is 1.69 bits per heavy atom. The summed E-state index contributed by atoms with van der Waals surface area (Å²) in [4.78, 5) is 12.8. The summed E-state index contributed by atoms with van der Waals surface area (Å²) in [7, 11) is -3.83. The molecule has 0 bridgehead atoms. The second-order valence-electron chi connectivity index (χ2n) is 7.50. The van der Waals surface area contributed by atoms with Gasteiger partial charge in [-0.3, -0.25) is 9.10 Å². The minimum atomic E-state index is -4.67. The molecule has 0 atom stereocenters. The molecule has 0 fully saturated rings. The molecule has 0 radical (unpaired) electrons. The Labute approximate surface area is 200 Å². The number of amides is 1. The zero-order chi connectivity index (χ0) is 25.8. The van der Waals surface area contributed by atoms with Crippen molar-refractivity contribution in [3.05, 3.63) is 89.2 Å². The summed E-state index contributed by atoms with van der Waals surface area (Å²) in [5.41, 5.74) is -0.944. The fraction of sp³-hybridized carbons (Fsp3) is 0.208. The average Bonchev–Trinajstić information content (AvgIpc) is 2.78. The Kier molecular flexibility index (Phi) is 7.69. The summed E-state index contributed by atoms with van der Waals surface area (Å²) in [6.07, 6.45) is -3.69. The largest absolute Gasteiger partial charge is 0.494 e. The molecule has 1 N–H and O–H groups in total. The van der Waals surface area contributed by atoms with Crippen molar-refractivity contribution in [1.29, 1.82) is 0 Å². The molecule has 3 aromatic rings. The first-order valence-electron chi connectivity index (χ1n) is 10.4. The number of nitrogens with one attached hydrogen (secondary N) is 1. The van der Waals surface area contributed by atoms with Gasteiger partial charge < -0.3 is 10.1 Å². The molecule has 0 aliphatic carbocycles. The standard InChI is InChI=1S/C24H22F4N2O4S/c1-3-34-22-13-8-16(23(31)29-21-7-5-4-6-20(21)24(26,27)28)14-17(22)15-30(35(2,32)33)19-11-9-18(25)10-12-19/h4-14H,3,15H2,1-2H3,(H,29,31). The molecule has 11 heteroatoms. The normalized spacial score (nSPS) is 11.7. The smallest absolute Gasteiger partial charge is 0.418 e. The van der Waals surface area contributed by atoms with E-state index in [0.29, 0.717) is 5.56 Å². The number of para-hydroxylation sites is 1. The van der Waals surface area contributed by atoms with E-state index in [-0.39, 0.29) is 30.2 Å². The Balaban J connectivity index is 1.98. The van der Waals surface area contributed by atoms with Crippen LogP contribution in [0.2, 0.25) is 0 Å². The first kappa shape index (κ1) is 26.0. The lowest BCUT2D eigenvalue weighted by atomic mass is 10.1. The van der Waals surface area contributed by atoms with E-state index in [4.69, 9.17) is 4.74 Å². The zero-order valence-electron chi connectivity index (χ0n) is 18.8. The van der Waals surface area contributed by atoms with Gasteiger partial charge in [-0.05, 0) is 61.5 Å². The molecule has 0 saturated carbocycles. The van der Waals surface area contributed by atoms with Crippen LogP contribution in [0.1, 0.15) is 28.4 Å². The predicted molar refractivity (Wildman–Crippen MR) is 124 cm³/mol. The molecule has 0 saturated heterocycles. The van der Waals surface area contributed by atoms with Crippen LogP contribution < -0.4 is 14.4 Å². The second-order valence-corrected chi connectivity index (χ2v) is 9.41. The van der Waals surface area contributed by atoms with Crippen molar-refractivity contribution in [3.8, 4) is 5.75 Å². The van der Waals surface area contributed by atoms with E-state index in [0.717, 1.165) is 34.8 Å². The number of alkyl halides is 3. The van der Waals surface area contributed by atoms with Crippen LogP contribution in [0.15, 0.2) is 66.7 Å². The van der Waals surface area contributed by atoms with Crippen molar-refractivity contribution >= 4 is 27.3 Å². The fourth-order valence-electron chi connectivity index (χ4n) is 3.34. The number of nitrogens with zero attached hydrogens (tertiary/aromatic N) is 1. The highest BCUT2D eigenvalue weighted by atomic mass is 32.2. The zero-order valence-corrected chi connectivity index (χ0v) is 19.6. The fourth-order valence-corrected chi connectivity index (χ4v) is 4.21. The highest BCUT2D eigenvalue weighted by molar-refractivity contribution is 7.92. The van der Waals surface area contributed by atoms with Gasteiger partial charge in [0.1, 0.15) is 11.6 Å². The van der Waals surface area contributed by atoms with Gasteiger partial charge in [0.25, 0.3) is 5.91 Å². The summed E-state index contributed by atoms with van der Waals surface area (Å²) in [5, 5.41) is 2.26. The number of hydrogen-bond donors (Lipinski definition) is 1. The lowest BCUT2D eigenvalue weighted by molar-refractivity contribution is -0.136. The SMILES string of the molecule is CCOc1ccc(C(=O)Nc2ccccc2C(F)(F)F)cc1CN(c1ccc(F)cc1)S(C)(=O)=O. The van der Waals surface area contributed by atoms with E-state index in [1.807, 2.05) is 0 Å². The van der Waals surface area contributed by atoms with Crippen LogP contribution in [-0.4, -0.2) is 27.2 Å². The highest BCUT2D eigenvalue weighted by Gasteiger charge is 2.33. The van der Waals surface area contributed by atoms with Crippen molar-refractivity contribution in [2.75, 3.05) is 22.5 Å². The van der Waals surface area contributed by atoms with Crippen molar-refractivity contribution in [1.82, 2.24) is 0 Å². The first-order chi connectivity index (χ1) is 16.4. The van der Waals surface area contributed by atoms with E-state index in [2.05, 4.69) is 5.32 Å². The molecule has 6 nitrogen and oxygen atoms in total. The quantitative estimate of drug-likeness (QED) is 0.409. The van der Waals surface area contributed by atoms with Crippen LogP contribution in [0.25, 0.3) is 0 Å². The average molecular weight is 511 g/mol. The molecule has 0 aliphatic heterocycles. The number of hydrogen-bond acceptors (Lipinski definition) is 4. The van der Waals surface area contributed by atoms with Crippen molar-refractivity contribution in [2.45, 2.75) is 19.6 Å². The molecule has 0 aliphatic rings. The molecular weight excluding hydrogens is 488 g/mol. The van der Waals surface area contributed by atoms with E-state index in [1.165, 1.54) is 42.5 Å². The van der Waals surface area contributed by atoms with Gasteiger partial charge in [0.05, 0.1) is 36.3 Å². The summed E-state index contributed by atoms with van der Waals surface area (Å²) < 4.78 is 84.8. The van der Waals surface area contributed by atoms with Gasteiger partial charge in [-0.1, -0.05) is 12.1 Å². The van der Waals surface area contributed by atoms with Crippen LogP contribution in [0, 0.1) is 5.82 Å². The predicted octanol–water partition coefficient (Wildman–Crippen LogP) is 5.46. The minimum Gasteiger partial charge on any atom is -0.494 e.